The van der Waals surface area contributed by atoms with Crippen molar-refractivity contribution in [2.45, 2.75) is 11.9 Å². The van der Waals surface area contributed by atoms with Crippen LogP contribution in [0.1, 0.15) is 17.3 Å². The highest BCUT2D eigenvalue weighted by Crippen LogP contribution is 2.16. The minimum atomic E-state index is -0.929. The number of carbonyl (C=O) groups excluding carboxylic acids is 1. The lowest BCUT2D eigenvalue weighted by Gasteiger charge is -2.09. The highest BCUT2D eigenvalue weighted by Gasteiger charge is 2.15. The van der Waals surface area contributed by atoms with Gasteiger partial charge in [0.05, 0.1) is 11.5 Å². The van der Waals surface area contributed by atoms with E-state index in [2.05, 4.69) is 10.3 Å². The van der Waals surface area contributed by atoms with Gasteiger partial charge in [-0.25, -0.2) is 4.98 Å². The van der Waals surface area contributed by atoms with Crippen LogP contribution < -0.4 is 5.32 Å². The molecular formula is C11H14N2O3S. The van der Waals surface area contributed by atoms with Crippen molar-refractivity contribution in [3.05, 3.63) is 23.9 Å². The molecule has 0 aliphatic heterocycles. The van der Waals surface area contributed by atoms with E-state index >= 15 is 0 Å². The normalized spacial score (nSPS) is 11.9. The van der Waals surface area contributed by atoms with Crippen LogP contribution in [0.25, 0.3) is 0 Å². The molecule has 0 aliphatic carbocycles. The summed E-state index contributed by atoms with van der Waals surface area (Å²) in [6.07, 6.45) is 3.45. The smallest absolute Gasteiger partial charge is 0.308 e. The summed E-state index contributed by atoms with van der Waals surface area (Å²) in [7, 11) is 0. The minimum Gasteiger partial charge on any atom is -0.481 e. The maximum absolute atomic E-state index is 11.8. The first-order valence-electron chi connectivity index (χ1n) is 5.06. The highest BCUT2D eigenvalue weighted by molar-refractivity contribution is 7.98. The minimum absolute atomic E-state index is 0.108. The zero-order valence-corrected chi connectivity index (χ0v) is 10.5. The van der Waals surface area contributed by atoms with Gasteiger partial charge in [-0.3, -0.25) is 9.59 Å². The molecule has 1 aromatic rings. The van der Waals surface area contributed by atoms with Gasteiger partial charge in [-0.1, -0.05) is 6.92 Å². The van der Waals surface area contributed by atoms with Gasteiger partial charge in [-0.05, 0) is 18.4 Å². The van der Waals surface area contributed by atoms with Crippen molar-refractivity contribution < 1.29 is 14.7 Å². The van der Waals surface area contributed by atoms with Crippen molar-refractivity contribution in [1.82, 2.24) is 10.3 Å². The second kappa shape index (κ2) is 6.24. The molecule has 1 unspecified atom stereocenters. The lowest BCUT2D eigenvalue weighted by atomic mass is 10.2. The molecular weight excluding hydrogens is 240 g/mol. The van der Waals surface area contributed by atoms with Crippen molar-refractivity contribution in [2.24, 2.45) is 5.92 Å². The Morgan fingerprint density at radius 3 is 2.88 bits per heavy atom. The van der Waals surface area contributed by atoms with Crippen LogP contribution in [0.5, 0.6) is 0 Å². The predicted octanol–water partition coefficient (Wildman–Crippen LogP) is 1.25. The molecule has 17 heavy (non-hydrogen) atoms. The van der Waals surface area contributed by atoms with E-state index in [1.165, 1.54) is 11.8 Å². The number of hydrogen-bond donors (Lipinski definition) is 2. The van der Waals surface area contributed by atoms with Gasteiger partial charge < -0.3 is 10.4 Å². The first-order chi connectivity index (χ1) is 8.06. The molecule has 0 aromatic carbocycles. The van der Waals surface area contributed by atoms with Crippen LogP contribution in [-0.2, 0) is 4.79 Å². The summed E-state index contributed by atoms with van der Waals surface area (Å²) in [4.78, 5) is 26.5. The third-order valence-corrected chi connectivity index (χ3v) is 2.91. The summed E-state index contributed by atoms with van der Waals surface area (Å²) < 4.78 is 0. The second-order valence-corrected chi connectivity index (χ2v) is 4.30. The standard InChI is InChI=1S/C11H14N2O3S/c1-7(11(15)16)6-13-9(14)8-4-3-5-12-10(8)17-2/h3-5,7H,6H2,1-2H3,(H,13,14)(H,15,16). The summed E-state index contributed by atoms with van der Waals surface area (Å²) in [6.45, 7) is 1.65. The average Bonchev–Trinajstić information content (AvgIpc) is 2.35. The zero-order chi connectivity index (χ0) is 12.8. The van der Waals surface area contributed by atoms with Gasteiger partial charge in [0.2, 0.25) is 0 Å². The Labute approximate surface area is 104 Å². The van der Waals surface area contributed by atoms with Gasteiger partial charge in [0.25, 0.3) is 5.91 Å². The van der Waals surface area contributed by atoms with Crippen molar-refractivity contribution in [3.8, 4) is 0 Å². The molecule has 5 nitrogen and oxygen atoms in total. The number of carbonyl (C=O) groups is 2. The Morgan fingerprint density at radius 2 is 2.29 bits per heavy atom. The number of aromatic nitrogens is 1. The summed E-state index contributed by atoms with van der Waals surface area (Å²) >= 11 is 1.38. The molecule has 0 aliphatic rings. The van der Waals surface area contributed by atoms with Crippen molar-refractivity contribution >= 4 is 23.6 Å². The van der Waals surface area contributed by atoms with Gasteiger partial charge in [-0.15, -0.1) is 11.8 Å². The van der Waals surface area contributed by atoms with Gasteiger partial charge >= 0.3 is 5.97 Å². The van der Waals surface area contributed by atoms with Crippen molar-refractivity contribution in [3.63, 3.8) is 0 Å². The van der Waals surface area contributed by atoms with Gasteiger partial charge in [0, 0.05) is 12.7 Å². The van der Waals surface area contributed by atoms with Crippen LogP contribution in [-0.4, -0.2) is 34.8 Å². The summed E-state index contributed by atoms with van der Waals surface area (Å²) in [6, 6.07) is 3.34. The number of rotatable bonds is 5. The van der Waals surface area contributed by atoms with Crippen LogP contribution in [0.2, 0.25) is 0 Å². The Hall–Kier alpha value is -1.56. The number of aliphatic carboxylic acids is 1. The molecule has 0 spiro atoms. The van der Waals surface area contributed by atoms with E-state index in [-0.39, 0.29) is 12.5 Å². The topological polar surface area (TPSA) is 79.3 Å². The predicted molar refractivity (Wildman–Crippen MR) is 65.2 cm³/mol. The number of nitrogens with one attached hydrogen (secondary N) is 1. The van der Waals surface area contributed by atoms with Crippen LogP contribution >= 0.6 is 11.8 Å². The number of carboxylic acids is 1. The van der Waals surface area contributed by atoms with E-state index in [1.54, 1.807) is 25.3 Å². The lowest BCUT2D eigenvalue weighted by Crippen LogP contribution is -2.31. The lowest BCUT2D eigenvalue weighted by molar-refractivity contribution is -0.140. The summed E-state index contributed by atoms with van der Waals surface area (Å²) in [5.41, 5.74) is 0.470. The van der Waals surface area contributed by atoms with Gasteiger partial charge in [0.1, 0.15) is 5.03 Å². The highest BCUT2D eigenvalue weighted by atomic mass is 32.2. The van der Waals surface area contributed by atoms with Crippen LogP contribution in [0.3, 0.4) is 0 Å². The molecule has 0 radical (unpaired) electrons. The molecule has 1 heterocycles. The van der Waals surface area contributed by atoms with E-state index < -0.39 is 11.9 Å². The Kier molecular flexibility index (Phi) is 4.96. The first-order valence-corrected chi connectivity index (χ1v) is 6.28. The molecule has 0 fully saturated rings. The van der Waals surface area contributed by atoms with E-state index in [9.17, 15) is 9.59 Å². The largest absolute Gasteiger partial charge is 0.481 e. The molecule has 1 aromatic heterocycles. The first kappa shape index (κ1) is 13.5. The van der Waals surface area contributed by atoms with Crippen LogP contribution in [0.15, 0.2) is 23.4 Å². The van der Waals surface area contributed by atoms with Crippen molar-refractivity contribution in [2.75, 3.05) is 12.8 Å². The van der Waals surface area contributed by atoms with E-state index in [4.69, 9.17) is 5.11 Å². The molecule has 1 rings (SSSR count). The second-order valence-electron chi connectivity index (χ2n) is 3.51. The van der Waals surface area contributed by atoms with Gasteiger partial charge in [0.15, 0.2) is 0 Å². The molecule has 6 heteroatoms. The maximum atomic E-state index is 11.8. The molecule has 0 bridgehead atoms. The molecule has 1 atom stereocenters. The number of carboxylic acid groups (broad SMARTS) is 1. The Morgan fingerprint density at radius 1 is 1.59 bits per heavy atom. The van der Waals surface area contributed by atoms with Crippen molar-refractivity contribution in [1.29, 1.82) is 0 Å². The molecule has 2 N–H and O–H groups in total. The zero-order valence-electron chi connectivity index (χ0n) is 9.64. The fraction of sp³-hybridized carbons (Fsp3) is 0.364. The number of amides is 1. The average molecular weight is 254 g/mol. The number of hydrogen-bond acceptors (Lipinski definition) is 4. The fourth-order valence-electron chi connectivity index (χ4n) is 1.15. The van der Waals surface area contributed by atoms with E-state index in [0.29, 0.717) is 10.6 Å². The maximum Gasteiger partial charge on any atom is 0.308 e. The van der Waals surface area contributed by atoms with Crippen LogP contribution in [0, 0.1) is 5.92 Å². The summed E-state index contributed by atoms with van der Waals surface area (Å²) in [5, 5.41) is 11.9. The Bertz CT molecular complexity index is 423. The quantitative estimate of drug-likeness (QED) is 0.773. The molecule has 92 valence electrons. The van der Waals surface area contributed by atoms with E-state index in [1.807, 2.05) is 6.26 Å². The fourth-order valence-corrected chi connectivity index (χ4v) is 1.70. The monoisotopic (exact) mass is 254 g/mol. The number of thioether (sulfide) groups is 1. The van der Waals surface area contributed by atoms with E-state index in [0.717, 1.165) is 0 Å². The third-order valence-electron chi connectivity index (χ3n) is 2.20. The Balaban J connectivity index is 2.67. The number of pyridine rings is 1. The summed E-state index contributed by atoms with van der Waals surface area (Å²) in [5.74, 6) is -1.83. The van der Waals surface area contributed by atoms with Crippen LogP contribution in [0.4, 0.5) is 0 Å². The molecule has 1 amide bonds. The SMILES string of the molecule is CSc1ncccc1C(=O)NCC(C)C(=O)O. The number of nitrogens with zero attached hydrogens (tertiary/aromatic N) is 1. The molecule has 0 saturated carbocycles. The van der Waals surface area contributed by atoms with Gasteiger partial charge in [-0.2, -0.15) is 0 Å². The molecule has 0 saturated heterocycles. The third kappa shape index (κ3) is 3.74.